The van der Waals surface area contributed by atoms with Crippen molar-refractivity contribution in [3.05, 3.63) is 24.5 Å². The minimum Gasteiger partial charge on any atom is -0.415 e. The molecule has 5 heteroatoms. The molecule has 0 aromatic carbocycles. The van der Waals surface area contributed by atoms with Crippen LogP contribution in [0.1, 0.15) is 20.8 Å². The Kier molecular flexibility index (Phi) is 4.20. The lowest BCUT2D eigenvalue weighted by Crippen LogP contribution is -2.41. The molecule has 4 nitrogen and oxygen atoms in total. The van der Waals surface area contributed by atoms with Crippen LogP contribution in [0.3, 0.4) is 0 Å². The van der Waals surface area contributed by atoms with Gasteiger partial charge in [-0.3, -0.25) is 0 Å². The highest BCUT2D eigenvalue weighted by Gasteiger charge is 2.36. The van der Waals surface area contributed by atoms with Crippen molar-refractivity contribution in [2.45, 2.75) is 38.9 Å². The van der Waals surface area contributed by atoms with Gasteiger partial charge in [0.1, 0.15) is 5.65 Å². The minimum absolute atomic E-state index is 0.262. The summed E-state index contributed by atoms with van der Waals surface area (Å²) in [7, 11) is -1.64. The Labute approximate surface area is 122 Å². The summed E-state index contributed by atoms with van der Waals surface area (Å²) in [4.78, 5) is 7.45. The van der Waals surface area contributed by atoms with Gasteiger partial charge in [0.2, 0.25) is 0 Å². The molecule has 0 saturated heterocycles. The third kappa shape index (κ3) is 3.40. The van der Waals surface area contributed by atoms with Gasteiger partial charge in [0.15, 0.2) is 8.32 Å². The first-order chi connectivity index (χ1) is 9.29. The van der Waals surface area contributed by atoms with Crippen molar-refractivity contribution in [2.75, 3.05) is 18.5 Å². The molecule has 2 rings (SSSR count). The summed E-state index contributed by atoms with van der Waals surface area (Å²) in [6.07, 6.45) is 3.76. The van der Waals surface area contributed by atoms with E-state index in [1.165, 1.54) is 0 Å². The zero-order valence-corrected chi connectivity index (χ0v) is 14.1. The normalized spacial score (nSPS) is 12.8. The maximum atomic E-state index is 6.14. The first-order valence-electron chi connectivity index (χ1n) is 7.10. The molecule has 0 atom stereocenters. The van der Waals surface area contributed by atoms with Gasteiger partial charge in [-0.05, 0) is 30.3 Å². The van der Waals surface area contributed by atoms with E-state index in [1.807, 2.05) is 18.5 Å². The van der Waals surface area contributed by atoms with Crippen molar-refractivity contribution in [1.29, 1.82) is 0 Å². The summed E-state index contributed by atoms with van der Waals surface area (Å²) >= 11 is 0. The van der Waals surface area contributed by atoms with Crippen LogP contribution in [0.25, 0.3) is 11.0 Å². The number of anilines is 1. The zero-order valence-electron chi connectivity index (χ0n) is 13.1. The van der Waals surface area contributed by atoms with Gasteiger partial charge in [0.05, 0.1) is 18.5 Å². The monoisotopic (exact) mass is 291 g/mol. The highest BCUT2D eigenvalue weighted by atomic mass is 28.4. The average Bonchev–Trinajstić information content (AvgIpc) is 2.80. The number of fused-ring (bicyclic) bond motifs is 1. The molecular formula is C15H25N3OSi. The Morgan fingerprint density at radius 2 is 2.10 bits per heavy atom. The fraction of sp³-hybridized carbons (Fsp3) is 0.533. The Morgan fingerprint density at radius 1 is 1.35 bits per heavy atom. The van der Waals surface area contributed by atoms with Crippen molar-refractivity contribution < 1.29 is 4.43 Å². The van der Waals surface area contributed by atoms with E-state index in [0.717, 1.165) is 29.9 Å². The van der Waals surface area contributed by atoms with Crippen LogP contribution in [0, 0.1) is 0 Å². The molecule has 0 unspecified atom stereocenters. The summed E-state index contributed by atoms with van der Waals surface area (Å²) in [6.45, 7) is 12.9. The molecule has 2 N–H and O–H groups in total. The number of rotatable bonds is 5. The highest BCUT2D eigenvalue weighted by molar-refractivity contribution is 6.74. The maximum absolute atomic E-state index is 6.14. The minimum atomic E-state index is -1.64. The Balaban J connectivity index is 1.84. The van der Waals surface area contributed by atoms with Crippen molar-refractivity contribution in [1.82, 2.24) is 9.97 Å². The van der Waals surface area contributed by atoms with Crippen LogP contribution in [-0.2, 0) is 4.43 Å². The molecule has 2 heterocycles. The van der Waals surface area contributed by atoms with Crippen LogP contribution in [0.15, 0.2) is 24.5 Å². The van der Waals surface area contributed by atoms with Crippen LogP contribution in [0.4, 0.5) is 5.69 Å². The fourth-order valence-electron chi connectivity index (χ4n) is 1.75. The zero-order chi connectivity index (χ0) is 14.8. The van der Waals surface area contributed by atoms with Gasteiger partial charge in [-0.1, -0.05) is 20.8 Å². The Hall–Kier alpha value is -1.33. The number of nitrogens with one attached hydrogen (secondary N) is 2. The van der Waals surface area contributed by atoms with Crippen LogP contribution in [0.2, 0.25) is 18.1 Å². The summed E-state index contributed by atoms with van der Waals surface area (Å²) in [5.74, 6) is 0. The molecule has 0 aliphatic rings. The number of aromatic nitrogens is 2. The van der Waals surface area contributed by atoms with Crippen LogP contribution < -0.4 is 5.32 Å². The third-order valence-corrected chi connectivity index (χ3v) is 8.64. The van der Waals surface area contributed by atoms with Crippen molar-refractivity contribution in [3.63, 3.8) is 0 Å². The molecule has 0 aliphatic carbocycles. The quantitative estimate of drug-likeness (QED) is 0.647. The van der Waals surface area contributed by atoms with E-state index < -0.39 is 8.32 Å². The molecule has 0 fully saturated rings. The van der Waals surface area contributed by atoms with Crippen LogP contribution >= 0.6 is 0 Å². The number of hydrogen-bond donors (Lipinski definition) is 2. The first-order valence-corrected chi connectivity index (χ1v) is 10.0. The second-order valence-electron chi connectivity index (χ2n) is 6.68. The molecule has 0 aliphatic heterocycles. The SMILES string of the molecule is CC(C)(C)[Si](C)(C)OCCNc1cnc2[nH]ccc2c1. The Morgan fingerprint density at radius 3 is 2.80 bits per heavy atom. The van der Waals surface area contributed by atoms with Gasteiger partial charge in [0.25, 0.3) is 0 Å². The Bertz CT molecular complexity index is 572. The van der Waals surface area contributed by atoms with E-state index in [-0.39, 0.29) is 5.04 Å². The standard InChI is InChI=1S/C15H25N3OSi/c1-15(2,3)20(4,5)19-9-8-16-13-10-12-6-7-17-14(12)18-11-13/h6-7,10-11,16H,8-9H2,1-5H3,(H,17,18). The topological polar surface area (TPSA) is 49.9 Å². The number of hydrogen-bond acceptors (Lipinski definition) is 3. The van der Waals surface area contributed by atoms with Gasteiger partial charge < -0.3 is 14.7 Å². The lowest BCUT2D eigenvalue weighted by Gasteiger charge is -2.36. The van der Waals surface area contributed by atoms with E-state index in [2.05, 4.69) is 55.2 Å². The molecule has 20 heavy (non-hydrogen) atoms. The van der Waals surface area contributed by atoms with Gasteiger partial charge >= 0.3 is 0 Å². The predicted molar refractivity (Wildman–Crippen MR) is 87.7 cm³/mol. The summed E-state index contributed by atoms with van der Waals surface area (Å²) < 4.78 is 6.14. The van der Waals surface area contributed by atoms with E-state index in [9.17, 15) is 0 Å². The molecule has 0 radical (unpaired) electrons. The fourth-order valence-corrected chi connectivity index (χ4v) is 2.80. The van der Waals surface area contributed by atoms with E-state index in [4.69, 9.17) is 4.43 Å². The van der Waals surface area contributed by atoms with Crippen molar-refractivity contribution in [2.24, 2.45) is 0 Å². The predicted octanol–water partition coefficient (Wildman–Crippen LogP) is 4.00. The average molecular weight is 291 g/mol. The van der Waals surface area contributed by atoms with Crippen LogP contribution in [0.5, 0.6) is 0 Å². The number of pyridine rings is 1. The summed E-state index contributed by atoms with van der Waals surface area (Å²) in [6, 6.07) is 4.13. The molecule has 2 aromatic heterocycles. The second kappa shape index (κ2) is 5.58. The molecule has 0 bridgehead atoms. The van der Waals surface area contributed by atoms with Crippen molar-refractivity contribution >= 4 is 25.0 Å². The molecule has 0 amide bonds. The highest BCUT2D eigenvalue weighted by Crippen LogP contribution is 2.36. The van der Waals surface area contributed by atoms with Gasteiger partial charge in [-0.25, -0.2) is 4.98 Å². The number of aromatic amines is 1. The second-order valence-corrected chi connectivity index (χ2v) is 11.5. The van der Waals surface area contributed by atoms with Crippen LogP contribution in [-0.4, -0.2) is 31.4 Å². The summed E-state index contributed by atoms with van der Waals surface area (Å²) in [5.41, 5.74) is 1.96. The molecule has 0 spiro atoms. The summed E-state index contributed by atoms with van der Waals surface area (Å²) in [5, 5.41) is 4.76. The van der Waals surface area contributed by atoms with Gasteiger partial charge in [-0.2, -0.15) is 0 Å². The van der Waals surface area contributed by atoms with E-state index in [1.54, 1.807) is 0 Å². The third-order valence-electron chi connectivity index (χ3n) is 4.10. The molecule has 2 aromatic rings. The van der Waals surface area contributed by atoms with E-state index in [0.29, 0.717) is 0 Å². The van der Waals surface area contributed by atoms with Gasteiger partial charge in [0, 0.05) is 18.1 Å². The van der Waals surface area contributed by atoms with Gasteiger partial charge in [-0.15, -0.1) is 0 Å². The maximum Gasteiger partial charge on any atom is 0.192 e. The molecule has 0 saturated carbocycles. The van der Waals surface area contributed by atoms with E-state index >= 15 is 0 Å². The first kappa shape index (κ1) is 15.1. The number of nitrogens with zero attached hydrogens (tertiary/aromatic N) is 1. The number of H-pyrrole nitrogens is 1. The smallest absolute Gasteiger partial charge is 0.192 e. The molecular weight excluding hydrogens is 266 g/mol. The lowest BCUT2D eigenvalue weighted by molar-refractivity contribution is 0.301. The lowest BCUT2D eigenvalue weighted by atomic mass is 10.2. The molecule has 110 valence electrons. The van der Waals surface area contributed by atoms with Crippen molar-refractivity contribution in [3.8, 4) is 0 Å². The largest absolute Gasteiger partial charge is 0.415 e.